The summed E-state index contributed by atoms with van der Waals surface area (Å²) in [6.07, 6.45) is 0. The highest BCUT2D eigenvalue weighted by Crippen LogP contribution is 2.35. The van der Waals surface area contributed by atoms with Gasteiger partial charge in [0.25, 0.3) is 5.91 Å². The van der Waals surface area contributed by atoms with Crippen molar-refractivity contribution >= 4 is 62.1 Å². The number of nitrogens with one attached hydrogen (secondary N) is 1. The summed E-state index contributed by atoms with van der Waals surface area (Å²) >= 11 is 8.84. The predicted octanol–water partition coefficient (Wildman–Crippen LogP) is 6.33. The Morgan fingerprint density at radius 3 is 2.57 bits per heavy atom. The van der Waals surface area contributed by atoms with Crippen LogP contribution < -0.4 is 5.32 Å². The number of fused-ring (bicyclic) bond motifs is 1. The second-order valence-corrected chi connectivity index (χ2v) is 9.55. The van der Waals surface area contributed by atoms with Crippen molar-refractivity contribution in [3.8, 4) is 10.6 Å². The van der Waals surface area contributed by atoms with E-state index >= 15 is 0 Å². The van der Waals surface area contributed by atoms with Gasteiger partial charge in [0.1, 0.15) is 5.00 Å². The van der Waals surface area contributed by atoms with Crippen molar-refractivity contribution in [2.24, 2.45) is 0 Å². The first kappa shape index (κ1) is 20.5. The number of thiophene rings is 2. The van der Waals surface area contributed by atoms with Crippen LogP contribution in [0.5, 0.6) is 0 Å². The molecule has 3 aromatic heterocycles. The maximum Gasteiger partial charge on any atom is 0.341 e. The normalized spacial score (nSPS) is 10.9. The van der Waals surface area contributed by atoms with E-state index in [1.54, 1.807) is 12.1 Å². The average molecular weight is 457 g/mol. The molecule has 1 aromatic carbocycles. The standard InChI is InChI=1S/C22H17ClN2O3S2/c1-11-12(2)29-21(19(11)22(27)28-3)25-20(26)14-10-16(17-8-9-18(23)30-17)24-15-7-5-4-6-13(14)15/h4-10H,1-3H3,(H,25,26). The maximum atomic E-state index is 13.3. The summed E-state index contributed by atoms with van der Waals surface area (Å²) in [6.45, 7) is 3.75. The quantitative estimate of drug-likeness (QED) is 0.364. The number of para-hydroxylation sites is 1. The van der Waals surface area contributed by atoms with Crippen LogP contribution >= 0.6 is 34.3 Å². The van der Waals surface area contributed by atoms with Gasteiger partial charge < -0.3 is 10.1 Å². The Labute approximate surface area is 186 Å². The number of carbonyl (C=O) groups is 2. The number of aryl methyl sites for hydroxylation is 1. The van der Waals surface area contributed by atoms with Crippen LogP contribution in [0.4, 0.5) is 5.00 Å². The lowest BCUT2D eigenvalue weighted by atomic mass is 10.1. The third-order valence-electron chi connectivity index (χ3n) is 4.79. The monoisotopic (exact) mass is 456 g/mol. The second-order valence-electron chi connectivity index (χ2n) is 6.61. The highest BCUT2D eigenvalue weighted by Gasteiger charge is 2.23. The maximum absolute atomic E-state index is 13.3. The van der Waals surface area contributed by atoms with Gasteiger partial charge in [-0.15, -0.1) is 22.7 Å². The van der Waals surface area contributed by atoms with Crippen LogP contribution in [-0.4, -0.2) is 24.0 Å². The van der Waals surface area contributed by atoms with Gasteiger partial charge in [-0.25, -0.2) is 9.78 Å². The number of hydrogen-bond donors (Lipinski definition) is 1. The van der Waals surface area contributed by atoms with Crippen molar-refractivity contribution in [3.63, 3.8) is 0 Å². The number of ether oxygens (including phenoxy) is 1. The summed E-state index contributed by atoms with van der Waals surface area (Å²) in [7, 11) is 1.33. The van der Waals surface area contributed by atoms with Gasteiger partial charge in [0, 0.05) is 10.3 Å². The molecule has 0 aliphatic rings. The third kappa shape index (κ3) is 3.71. The van der Waals surface area contributed by atoms with Crippen molar-refractivity contribution in [2.75, 3.05) is 12.4 Å². The summed E-state index contributed by atoms with van der Waals surface area (Å²) in [5.74, 6) is -0.787. The molecule has 3 heterocycles. The summed E-state index contributed by atoms with van der Waals surface area (Å²) in [6, 6.07) is 12.9. The first-order valence-electron chi connectivity index (χ1n) is 9.04. The fourth-order valence-corrected chi connectivity index (χ4v) is 5.22. The molecule has 0 saturated heterocycles. The number of amides is 1. The van der Waals surface area contributed by atoms with Crippen molar-refractivity contribution in [1.82, 2.24) is 4.98 Å². The molecule has 1 amide bonds. The van der Waals surface area contributed by atoms with E-state index in [1.165, 1.54) is 29.8 Å². The molecular formula is C22H17ClN2O3S2. The van der Waals surface area contributed by atoms with Crippen LogP contribution in [0.3, 0.4) is 0 Å². The molecule has 0 saturated carbocycles. The number of carbonyl (C=O) groups excluding carboxylic acids is 2. The molecule has 1 N–H and O–H groups in total. The fraction of sp³-hybridized carbons (Fsp3) is 0.136. The summed E-state index contributed by atoms with van der Waals surface area (Å²) < 4.78 is 5.55. The number of rotatable bonds is 4. The minimum atomic E-state index is -0.472. The lowest BCUT2D eigenvalue weighted by Gasteiger charge is -2.10. The van der Waals surface area contributed by atoms with Crippen molar-refractivity contribution in [1.29, 1.82) is 0 Å². The first-order chi connectivity index (χ1) is 14.4. The van der Waals surface area contributed by atoms with Crippen LogP contribution in [0.2, 0.25) is 4.34 Å². The van der Waals surface area contributed by atoms with Gasteiger partial charge in [-0.2, -0.15) is 0 Å². The molecule has 4 aromatic rings. The smallest absolute Gasteiger partial charge is 0.341 e. The zero-order valence-corrected chi connectivity index (χ0v) is 18.8. The van der Waals surface area contributed by atoms with E-state index in [-0.39, 0.29) is 5.91 Å². The number of anilines is 1. The van der Waals surface area contributed by atoms with Crippen LogP contribution in [0.15, 0.2) is 42.5 Å². The van der Waals surface area contributed by atoms with Gasteiger partial charge in [-0.05, 0) is 43.7 Å². The van der Waals surface area contributed by atoms with Crippen LogP contribution in [-0.2, 0) is 4.74 Å². The van der Waals surface area contributed by atoms with E-state index < -0.39 is 5.97 Å². The van der Waals surface area contributed by atoms with Crippen molar-refractivity contribution in [2.45, 2.75) is 13.8 Å². The summed E-state index contributed by atoms with van der Waals surface area (Å²) in [5.41, 5.74) is 3.03. The van der Waals surface area contributed by atoms with Gasteiger partial charge in [0.2, 0.25) is 0 Å². The molecule has 0 spiro atoms. The number of nitrogens with zero attached hydrogens (tertiary/aromatic N) is 1. The average Bonchev–Trinajstić information content (AvgIpc) is 3.29. The van der Waals surface area contributed by atoms with Gasteiger partial charge in [-0.3, -0.25) is 4.79 Å². The Bertz CT molecular complexity index is 1290. The first-order valence-corrected chi connectivity index (χ1v) is 11.0. The van der Waals surface area contributed by atoms with E-state index in [4.69, 9.17) is 16.3 Å². The van der Waals surface area contributed by atoms with Gasteiger partial charge in [0.05, 0.1) is 38.7 Å². The molecule has 0 aliphatic heterocycles. The number of esters is 1. The number of benzene rings is 1. The Morgan fingerprint density at radius 1 is 1.10 bits per heavy atom. The zero-order chi connectivity index (χ0) is 21.4. The second kappa shape index (κ2) is 8.18. The van der Waals surface area contributed by atoms with Crippen molar-refractivity contribution in [3.05, 3.63) is 68.4 Å². The highest BCUT2D eigenvalue weighted by molar-refractivity contribution is 7.19. The minimum Gasteiger partial charge on any atom is -0.465 e. The molecule has 30 heavy (non-hydrogen) atoms. The number of pyridine rings is 1. The molecule has 0 radical (unpaired) electrons. The fourth-order valence-electron chi connectivity index (χ4n) is 3.17. The molecule has 4 rings (SSSR count). The van der Waals surface area contributed by atoms with E-state index in [0.717, 1.165) is 20.7 Å². The Hall–Kier alpha value is -2.74. The van der Waals surface area contributed by atoms with Crippen LogP contribution in [0.1, 0.15) is 31.2 Å². The molecule has 0 fully saturated rings. The molecule has 0 atom stereocenters. The van der Waals surface area contributed by atoms with E-state index in [2.05, 4.69) is 10.3 Å². The number of halogens is 1. The summed E-state index contributed by atoms with van der Waals surface area (Å²) in [5, 5.41) is 4.11. The van der Waals surface area contributed by atoms with Gasteiger partial charge in [0.15, 0.2) is 0 Å². The Morgan fingerprint density at radius 2 is 1.87 bits per heavy atom. The van der Waals surface area contributed by atoms with Gasteiger partial charge in [-0.1, -0.05) is 29.8 Å². The van der Waals surface area contributed by atoms with Crippen molar-refractivity contribution < 1.29 is 14.3 Å². The topological polar surface area (TPSA) is 68.3 Å². The predicted molar refractivity (Wildman–Crippen MR) is 123 cm³/mol. The molecular weight excluding hydrogens is 440 g/mol. The number of methoxy groups -OCH3 is 1. The molecule has 0 bridgehead atoms. The SMILES string of the molecule is COC(=O)c1c(NC(=O)c2cc(-c3ccc(Cl)s3)nc3ccccc23)sc(C)c1C. The molecule has 152 valence electrons. The zero-order valence-electron chi connectivity index (χ0n) is 16.4. The lowest BCUT2D eigenvalue weighted by molar-refractivity contribution is 0.0601. The lowest BCUT2D eigenvalue weighted by Crippen LogP contribution is -2.15. The molecule has 0 aliphatic carbocycles. The molecule has 0 unspecified atom stereocenters. The third-order valence-corrected chi connectivity index (χ3v) is 7.16. The molecule has 5 nitrogen and oxygen atoms in total. The Kier molecular flexibility index (Phi) is 5.60. The largest absolute Gasteiger partial charge is 0.465 e. The number of hydrogen-bond acceptors (Lipinski definition) is 6. The molecule has 8 heteroatoms. The summed E-state index contributed by atoms with van der Waals surface area (Å²) in [4.78, 5) is 32.0. The highest BCUT2D eigenvalue weighted by atomic mass is 35.5. The van der Waals surface area contributed by atoms with Crippen LogP contribution in [0.25, 0.3) is 21.5 Å². The van der Waals surface area contributed by atoms with Crippen LogP contribution in [0, 0.1) is 13.8 Å². The Balaban J connectivity index is 1.81. The van der Waals surface area contributed by atoms with Gasteiger partial charge >= 0.3 is 5.97 Å². The number of aromatic nitrogens is 1. The van der Waals surface area contributed by atoms with E-state index in [0.29, 0.717) is 31.7 Å². The van der Waals surface area contributed by atoms with E-state index in [1.807, 2.05) is 44.2 Å². The van der Waals surface area contributed by atoms with E-state index in [9.17, 15) is 9.59 Å². The minimum absolute atomic E-state index is 0.316.